The number of allylic oxidation sites excluding steroid dienone is 1. The lowest BCUT2D eigenvalue weighted by atomic mass is 9.68. The molecule has 156 valence electrons. The van der Waals surface area contributed by atoms with Crippen LogP contribution in [0.15, 0.2) is 30.9 Å². The van der Waals surface area contributed by atoms with Crippen LogP contribution in [-0.2, 0) is 6.42 Å². The molecule has 2 saturated carbocycles. The van der Waals surface area contributed by atoms with E-state index in [-0.39, 0.29) is 0 Å². The van der Waals surface area contributed by atoms with Crippen LogP contribution in [-0.4, -0.2) is 6.61 Å². The molecule has 0 N–H and O–H groups in total. The van der Waals surface area contributed by atoms with Crippen molar-refractivity contribution in [3.63, 3.8) is 0 Å². The molecule has 0 bridgehead atoms. The lowest BCUT2D eigenvalue weighted by Crippen LogP contribution is -2.25. The van der Waals surface area contributed by atoms with Crippen LogP contribution in [0.4, 0.5) is 0 Å². The van der Waals surface area contributed by atoms with E-state index in [1.807, 2.05) is 6.08 Å². The summed E-state index contributed by atoms with van der Waals surface area (Å²) in [6.45, 7) is 9.25. The summed E-state index contributed by atoms with van der Waals surface area (Å²) in [5.41, 5.74) is 2.85. The molecule has 0 unspecified atom stereocenters. The van der Waals surface area contributed by atoms with Crippen LogP contribution in [0.25, 0.3) is 0 Å². The Morgan fingerprint density at radius 1 is 0.929 bits per heavy atom. The molecular weight excluding hydrogens is 340 g/mol. The summed E-state index contributed by atoms with van der Waals surface area (Å²) in [6, 6.07) is 6.96. The fourth-order valence-corrected chi connectivity index (χ4v) is 5.80. The molecule has 0 atom stereocenters. The third kappa shape index (κ3) is 5.65. The van der Waals surface area contributed by atoms with Gasteiger partial charge in [0.05, 0.1) is 6.61 Å². The summed E-state index contributed by atoms with van der Waals surface area (Å²) < 4.78 is 5.96. The third-order valence-electron chi connectivity index (χ3n) is 7.41. The zero-order valence-electron chi connectivity index (χ0n) is 18.4. The second-order valence-electron chi connectivity index (χ2n) is 9.39. The van der Waals surface area contributed by atoms with Gasteiger partial charge in [-0.15, -0.1) is 6.58 Å². The summed E-state index contributed by atoms with van der Waals surface area (Å²) >= 11 is 0. The van der Waals surface area contributed by atoms with Gasteiger partial charge in [-0.2, -0.15) is 0 Å². The number of hydrogen-bond donors (Lipinski definition) is 0. The van der Waals surface area contributed by atoms with Crippen LogP contribution in [0.3, 0.4) is 0 Å². The van der Waals surface area contributed by atoms with Gasteiger partial charge in [0, 0.05) is 0 Å². The molecule has 3 rings (SSSR count). The molecule has 1 aromatic rings. The van der Waals surface area contributed by atoms with Crippen molar-refractivity contribution in [3.05, 3.63) is 42.0 Å². The zero-order valence-corrected chi connectivity index (χ0v) is 18.4. The average molecular weight is 383 g/mol. The van der Waals surface area contributed by atoms with Gasteiger partial charge in [-0.05, 0) is 92.2 Å². The molecule has 0 heterocycles. The lowest BCUT2D eigenvalue weighted by Gasteiger charge is -2.38. The summed E-state index contributed by atoms with van der Waals surface area (Å²) in [6.07, 6.45) is 18.5. The predicted molar refractivity (Wildman–Crippen MR) is 121 cm³/mol. The van der Waals surface area contributed by atoms with Crippen molar-refractivity contribution in [1.82, 2.24) is 0 Å². The van der Waals surface area contributed by atoms with Crippen molar-refractivity contribution >= 4 is 0 Å². The number of benzene rings is 1. The molecule has 1 aromatic carbocycles. The minimum absolute atomic E-state index is 0.747. The van der Waals surface area contributed by atoms with Gasteiger partial charge in [-0.1, -0.05) is 57.7 Å². The van der Waals surface area contributed by atoms with E-state index in [9.17, 15) is 0 Å². The van der Waals surface area contributed by atoms with Crippen LogP contribution in [0.1, 0.15) is 102 Å². The summed E-state index contributed by atoms with van der Waals surface area (Å²) in [7, 11) is 0. The minimum atomic E-state index is 0.747. The zero-order chi connectivity index (χ0) is 19.8. The van der Waals surface area contributed by atoms with Gasteiger partial charge in [0.15, 0.2) is 0 Å². The molecule has 28 heavy (non-hydrogen) atoms. The molecule has 2 aliphatic rings. The van der Waals surface area contributed by atoms with Crippen molar-refractivity contribution in [2.75, 3.05) is 6.61 Å². The quantitative estimate of drug-likeness (QED) is 0.392. The smallest absolute Gasteiger partial charge is 0.122 e. The first-order valence-electron chi connectivity index (χ1n) is 12.1. The van der Waals surface area contributed by atoms with E-state index >= 15 is 0 Å². The molecule has 2 aliphatic carbocycles. The molecule has 0 aliphatic heterocycles. The standard InChI is InChI=1S/C27H42O/c1-4-7-21-9-11-22(12-10-21)23-13-15-24(16-14-23)25-17-18-27(28-19-6-3)26(20-25)8-5-2/h5,17-18,20-24H,2,4,6-16,19H2,1,3H3. The van der Waals surface area contributed by atoms with Gasteiger partial charge in [0.1, 0.15) is 5.75 Å². The largest absolute Gasteiger partial charge is 0.493 e. The summed E-state index contributed by atoms with van der Waals surface area (Å²) in [5, 5.41) is 0. The van der Waals surface area contributed by atoms with Crippen LogP contribution in [0.5, 0.6) is 5.75 Å². The maximum atomic E-state index is 5.96. The molecule has 0 radical (unpaired) electrons. The van der Waals surface area contributed by atoms with E-state index in [0.717, 1.165) is 48.9 Å². The highest BCUT2D eigenvalue weighted by molar-refractivity contribution is 5.40. The SMILES string of the molecule is C=CCc1cc(C2CCC(C3CCC(CCC)CC3)CC2)ccc1OCCC. The first-order valence-corrected chi connectivity index (χ1v) is 12.1. The number of ether oxygens (including phenoxy) is 1. The Bertz CT molecular complexity index is 588. The Kier molecular flexibility index (Phi) is 8.49. The molecule has 1 heteroatoms. The Labute approximate surface area is 174 Å². The fourth-order valence-electron chi connectivity index (χ4n) is 5.80. The normalized spacial score (nSPS) is 28.1. The van der Waals surface area contributed by atoms with Gasteiger partial charge in [0.2, 0.25) is 0 Å². The highest BCUT2D eigenvalue weighted by Gasteiger charge is 2.31. The topological polar surface area (TPSA) is 9.23 Å². The van der Waals surface area contributed by atoms with E-state index in [1.54, 1.807) is 0 Å². The Balaban J connectivity index is 1.54. The van der Waals surface area contributed by atoms with Gasteiger partial charge in [-0.3, -0.25) is 0 Å². The maximum Gasteiger partial charge on any atom is 0.122 e. The van der Waals surface area contributed by atoms with Crippen molar-refractivity contribution in [2.24, 2.45) is 17.8 Å². The fraction of sp³-hybridized carbons (Fsp3) is 0.704. The number of hydrogen-bond acceptors (Lipinski definition) is 1. The van der Waals surface area contributed by atoms with Crippen LogP contribution >= 0.6 is 0 Å². The second-order valence-corrected chi connectivity index (χ2v) is 9.39. The highest BCUT2D eigenvalue weighted by atomic mass is 16.5. The summed E-state index contributed by atoms with van der Waals surface area (Å²) in [4.78, 5) is 0. The predicted octanol–water partition coefficient (Wildman–Crippen LogP) is 8.08. The Hall–Kier alpha value is -1.24. The van der Waals surface area contributed by atoms with Gasteiger partial charge >= 0.3 is 0 Å². The van der Waals surface area contributed by atoms with Gasteiger partial charge in [0.25, 0.3) is 0 Å². The number of rotatable bonds is 9. The Morgan fingerprint density at radius 3 is 2.21 bits per heavy atom. The van der Waals surface area contributed by atoms with E-state index in [4.69, 9.17) is 4.74 Å². The Morgan fingerprint density at radius 2 is 1.61 bits per heavy atom. The molecule has 0 saturated heterocycles. The minimum Gasteiger partial charge on any atom is -0.493 e. The highest BCUT2D eigenvalue weighted by Crippen LogP contribution is 2.44. The van der Waals surface area contributed by atoms with E-state index < -0.39 is 0 Å². The second kappa shape index (κ2) is 11.1. The van der Waals surface area contributed by atoms with Crippen LogP contribution < -0.4 is 4.74 Å². The molecule has 0 aromatic heterocycles. The van der Waals surface area contributed by atoms with Gasteiger partial charge in [-0.25, -0.2) is 0 Å². The monoisotopic (exact) mass is 382 g/mol. The molecule has 1 nitrogen and oxygen atoms in total. The van der Waals surface area contributed by atoms with Crippen LogP contribution in [0.2, 0.25) is 0 Å². The third-order valence-corrected chi connectivity index (χ3v) is 7.41. The van der Waals surface area contributed by atoms with Crippen LogP contribution in [0, 0.1) is 17.8 Å². The van der Waals surface area contributed by atoms with Crippen molar-refractivity contribution < 1.29 is 4.74 Å². The van der Waals surface area contributed by atoms with E-state index in [2.05, 4.69) is 38.6 Å². The molecule has 0 spiro atoms. The molecule has 2 fully saturated rings. The first kappa shape index (κ1) is 21.5. The first-order chi connectivity index (χ1) is 13.7. The van der Waals surface area contributed by atoms with Crippen molar-refractivity contribution in [3.8, 4) is 5.75 Å². The average Bonchev–Trinajstić information content (AvgIpc) is 2.74. The van der Waals surface area contributed by atoms with Crippen molar-refractivity contribution in [2.45, 2.75) is 96.8 Å². The van der Waals surface area contributed by atoms with E-state index in [0.29, 0.717) is 0 Å². The van der Waals surface area contributed by atoms with E-state index in [1.165, 1.54) is 75.3 Å². The lowest BCUT2D eigenvalue weighted by molar-refractivity contribution is 0.156. The van der Waals surface area contributed by atoms with Crippen molar-refractivity contribution in [1.29, 1.82) is 0 Å². The van der Waals surface area contributed by atoms with Gasteiger partial charge < -0.3 is 4.74 Å². The maximum absolute atomic E-state index is 5.96. The summed E-state index contributed by atoms with van der Waals surface area (Å²) in [5.74, 6) is 4.86. The molecular formula is C27H42O. The molecule has 0 amide bonds.